The SMILES string of the molecule is CNC(=O)CONC(=O)[C@@H]1NC(=O)C2NC(=O)C(NC(=O)C3NC(=O)C(CC(N)=O)NC(=O)C(NC(=O)C(CC(C)C)NC)C(O)c4ccc(c(Cl)c4)Oc4cc3cc(c4OC3OC(CO)C(O)C(O)C3OC3C[C@@](C)(NCCn4ccc(NC(=O)Cc5ccc(Cl)c(Cl)c5)nc4=O)C(O)C(C)O3)Oc3ccc(cc3Cl)C2O)c2ccc(O)c(c2)-c2c(O)cc(O)cc21. The Kier molecular flexibility index (Phi) is 30.4. The van der Waals surface area contributed by atoms with Crippen molar-refractivity contribution in [3.05, 3.63) is 173 Å². The van der Waals surface area contributed by atoms with Gasteiger partial charge < -0.3 is 133 Å². The van der Waals surface area contributed by atoms with Crippen LogP contribution in [0.25, 0.3) is 11.1 Å². The van der Waals surface area contributed by atoms with Gasteiger partial charge in [0.2, 0.25) is 65.2 Å². The number of fused-ring (bicyclic) bond motifs is 15. The van der Waals surface area contributed by atoms with E-state index in [1.165, 1.54) is 62.1 Å². The molecule has 684 valence electrons. The van der Waals surface area contributed by atoms with Gasteiger partial charge in [-0.05, 0) is 139 Å². The molecular formula is C83H92Cl4N14O27. The predicted octanol–water partition coefficient (Wildman–Crippen LogP) is 1.19. The van der Waals surface area contributed by atoms with Crippen molar-refractivity contribution >= 4 is 111 Å². The van der Waals surface area contributed by atoms with Crippen LogP contribution in [0.15, 0.2) is 114 Å². The number of aliphatic hydroxyl groups is 6. The number of hydroxylamine groups is 1. The zero-order valence-electron chi connectivity index (χ0n) is 68.8. The molecule has 6 aromatic carbocycles. The lowest BCUT2D eigenvalue weighted by Crippen LogP contribution is -2.65. The maximum atomic E-state index is 16.4. The van der Waals surface area contributed by atoms with Gasteiger partial charge in [0.05, 0.1) is 57.8 Å². The average Bonchev–Trinajstić information content (AvgIpc) is 0.776. The maximum Gasteiger partial charge on any atom is 0.349 e. The number of rotatable bonds is 23. The van der Waals surface area contributed by atoms with Crippen LogP contribution >= 0.6 is 46.4 Å². The Morgan fingerprint density at radius 3 is 1.98 bits per heavy atom. The summed E-state index contributed by atoms with van der Waals surface area (Å²) in [5.74, 6) is -17.4. The fourth-order valence-electron chi connectivity index (χ4n) is 15.1. The van der Waals surface area contributed by atoms with Crippen LogP contribution in [0.1, 0.15) is 111 Å². The highest BCUT2D eigenvalue weighted by Crippen LogP contribution is 2.50. The Balaban J connectivity index is 0.998. The molecule has 128 heavy (non-hydrogen) atoms. The topological polar surface area (TPSA) is 611 Å². The number of aromatic hydroxyl groups is 3. The number of carbonyl (C=O) groups excluding carboxylic acids is 10. The highest BCUT2D eigenvalue weighted by Gasteiger charge is 2.52. The van der Waals surface area contributed by atoms with E-state index in [9.17, 15) is 74.7 Å². The van der Waals surface area contributed by atoms with Crippen molar-refractivity contribution in [2.45, 2.75) is 169 Å². The van der Waals surface area contributed by atoms with E-state index in [1.807, 2.05) is 5.48 Å². The van der Waals surface area contributed by atoms with Gasteiger partial charge in [0, 0.05) is 55.5 Å². The van der Waals surface area contributed by atoms with Gasteiger partial charge in [-0.3, -0.25) is 57.4 Å². The lowest BCUT2D eigenvalue weighted by molar-refractivity contribution is -0.334. The second-order valence-corrected chi connectivity index (χ2v) is 33.0. The largest absolute Gasteiger partial charge is 0.508 e. The number of hydrogen-bond acceptors (Lipinski definition) is 30. The van der Waals surface area contributed by atoms with E-state index < -0.39 is 277 Å². The summed E-state index contributed by atoms with van der Waals surface area (Å²) in [6.45, 7) is 4.71. The molecule has 2 fully saturated rings. The summed E-state index contributed by atoms with van der Waals surface area (Å²) in [5, 5.41) is 132. The number of nitrogens with zero attached hydrogens (tertiary/aromatic N) is 2. The molecule has 0 radical (unpaired) electrons. The van der Waals surface area contributed by atoms with Crippen LogP contribution in [-0.4, -0.2) is 227 Å². The van der Waals surface area contributed by atoms with Gasteiger partial charge in [-0.2, -0.15) is 4.98 Å². The fraction of sp³-hybridized carbons (Fsp3) is 0.398. The van der Waals surface area contributed by atoms with E-state index >= 15 is 24.0 Å². The zero-order chi connectivity index (χ0) is 92.8. The molecule has 0 spiro atoms. The molecule has 0 saturated carbocycles. The lowest BCUT2D eigenvalue weighted by Gasteiger charge is -2.48. The molecule has 2 saturated heterocycles. The molecule has 16 unspecified atom stereocenters. The molecule has 41 nitrogen and oxygen atoms in total. The molecule has 7 aromatic rings. The number of amides is 10. The van der Waals surface area contributed by atoms with Crippen LogP contribution in [0.4, 0.5) is 5.82 Å². The van der Waals surface area contributed by atoms with Gasteiger partial charge in [0.1, 0.15) is 101 Å². The van der Waals surface area contributed by atoms with Gasteiger partial charge in [-0.25, -0.2) is 10.3 Å². The summed E-state index contributed by atoms with van der Waals surface area (Å²) < 4.78 is 40.6. The molecule has 22 N–H and O–H groups in total. The number of phenolic OH excluding ortho intramolecular Hbond substituents is 3. The fourth-order valence-corrected chi connectivity index (χ4v) is 15.9. The first-order chi connectivity index (χ1) is 60.7. The number of hydrogen-bond donors (Lipinski definition) is 21. The van der Waals surface area contributed by atoms with Crippen LogP contribution in [0, 0.1) is 5.92 Å². The average molecular weight is 1860 g/mol. The first-order valence-corrected chi connectivity index (χ1v) is 41.4. The minimum absolute atomic E-state index is 0.0486. The molecule has 7 aliphatic rings. The number of anilines is 1. The summed E-state index contributed by atoms with van der Waals surface area (Å²) in [4.78, 5) is 168. The Bertz CT molecular complexity index is 5510. The van der Waals surface area contributed by atoms with Crippen molar-refractivity contribution in [1.29, 1.82) is 0 Å². The number of likely N-dealkylation sites (N-methyl/N-ethyl adjacent to an activating group) is 2. The van der Waals surface area contributed by atoms with E-state index in [0.29, 0.717) is 5.56 Å². The van der Waals surface area contributed by atoms with E-state index in [1.54, 1.807) is 26.8 Å². The molecule has 10 amide bonds. The minimum Gasteiger partial charge on any atom is -0.508 e. The summed E-state index contributed by atoms with van der Waals surface area (Å²) in [6, 6.07) is 4.96. The van der Waals surface area contributed by atoms with Crippen molar-refractivity contribution in [3.8, 4) is 57.1 Å². The van der Waals surface area contributed by atoms with Crippen molar-refractivity contribution in [1.82, 2.24) is 62.9 Å². The number of ether oxygens (including phenoxy) is 6. The maximum absolute atomic E-state index is 16.4. The second kappa shape index (κ2) is 40.8. The summed E-state index contributed by atoms with van der Waals surface area (Å²) >= 11 is 26.5. The van der Waals surface area contributed by atoms with Crippen molar-refractivity contribution in [2.24, 2.45) is 11.7 Å². The summed E-state index contributed by atoms with van der Waals surface area (Å²) in [6.07, 6.45) is -18.5. The molecule has 7 aliphatic heterocycles. The number of primary amides is 1. The number of halogens is 4. The van der Waals surface area contributed by atoms with Crippen LogP contribution < -0.4 is 84.3 Å². The Hall–Kier alpha value is -11.6. The third kappa shape index (κ3) is 21.9. The van der Waals surface area contributed by atoms with E-state index in [4.69, 9.17) is 85.4 Å². The number of benzene rings is 6. The standard InChI is InChI=1S/C83H92Cl4N14O27/c1-33(2)19-47(89-5)74(114)98-65-67(109)37-9-13-51(45(86)23-37)124-53-25-39-26-54(71(53)128-81-72(70(112)69(111)55(31-102)126-81)127-60-30-83(4,73(113)34(3)123-60)91-16-18-101-17-15-57(94-82(101)121)93-58(107)21-35-7-11-43(84)44(85)20-35)125-52-14-10-38(24-46(52)87)68(110)66-79(119)97-64(80(120)100-122-32-59(108)90-6)42-27-40(103)28-50(105)61(42)41-22-36(8-12-49(41)104)62(76(116)99-66)96-77(117)63(39)95-75(115)48(29-56(88)106)92-78(65)118/h7-15,17,20,22-28,33-34,47-48,55,60,62-70,72-73,81,89,91,102-105,109-113H,16,18-19,21,29-32H2,1-6H3,(H2,88,106)(H,90,108)(H,92,118)(H,95,115)(H,96,117)(H,97,119)(H,98,114)(H,99,116)(H,100,120)(H,93,94,107,121)/t34?,47?,48?,55?,60?,62?,63?,64-,65?,66?,67?,68?,69?,70?,72?,73?,81?,83-/m1/s1. The van der Waals surface area contributed by atoms with Crippen LogP contribution in [0.5, 0.6) is 46.0 Å². The summed E-state index contributed by atoms with van der Waals surface area (Å²) in [5.41, 5.74) is 3.15. The van der Waals surface area contributed by atoms with Crippen LogP contribution in [0.3, 0.4) is 0 Å². The van der Waals surface area contributed by atoms with Crippen molar-refractivity contribution in [2.75, 3.05) is 39.2 Å². The normalized spacial score (nSPS) is 25.6. The van der Waals surface area contributed by atoms with Crippen molar-refractivity contribution < 1.29 is 127 Å². The first kappa shape index (κ1) is 95.5. The van der Waals surface area contributed by atoms with E-state index in [-0.39, 0.29) is 65.3 Å². The molecule has 11 bridgehead atoms. The van der Waals surface area contributed by atoms with Crippen molar-refractivity contribution in [3.63, 3.8) is 0 Å². The molecule has 18 atom stereocenters. The predicted molar refractivity (Wildman–Crippen MR) is 451 cm³/mol. The number of nitrogens with two attached hydrogens (primary N) is 1. The Labute approximate surface area is 747 Å². The van der Waals surface area contributed by atoms with Crippen LogP contribution in [-0.2, 0) is 80.0 Å². The van der Waals surface area contributed by atoms with Crippen LogP contribution in [0.2, 0.25) is 20.1 Å². The van der Waals surface area contributed by atoms with Gasteiger partial charge >= 0.3 is 5.69 Å². The van der Waals surface area contributed by atoms with Gasteiger partial charge in [0.25, 0.3) is 5.91 Å². The van der Waals surface area contributed by atoms with Gasteiger partial charge in [0.15, 0.2) is 30.5 Å². The number of nitrogens with one attached hydrogen (secondary N) is 11. The number of aromatic nitrogens is 2. The monoisotopic (exact) mass is 1860 g/mol. The third-order valence-electron chi connectivity index (χ3n) is 21.8. The quantitative estimate of drug-likeness (QED) is 0.0400. The number of carbonyl (C=O) groups is 10. The van der Waals surface area contributed by atoms with E-state index in [2.05, 4.69) is 58.2 Å². The highest BCUT2D eigenvalue weighted by atomic mass is 35.5. The first-order valence-electron chi connectivity index (χ1n) is 39.9. The van der Waals surface area contributed by atoms with E-state index in [0.717, 1.165) is 66.7 Å². The third-order valence-corrected chi connectivity index (χ3v) is 23.1. The minimum atomic E-state index is -2.42. The smallest absolute Gasteiger partial charge is 0.349 e. The lowest BCUT2D eigenvalue weighted by atomic mass is 9.85. The zero-order valence-corrected chi connectivity index (χ0v) is 71.8. The second-order valence-electron chi connectivity index (χ2n) is 31.4. The summed E-state index contributed by atoms with van der Waals surface area (Å²) in [7, 11) is 2.71. The van der Waals surface area contributed by atoms with Gasteiger partial charge in [-0.15, -0.1) is 0 Å². The Morgan fingerprint density at radius 2 is 1.34 bits per heavy atom. The number of aliphatic hydroxyl groups excluding tert-OH is 6. The number of phenols is 3. The molecular weight excluding hydrogens is 1770 g/mol. The molecule has 1 aromatic heterocycles. The van der Waals surface area contributed by atoms with Gasteiger partial charge in [-0.1, -0.05) is 84.5 Å². The Morgan fingerprint density at radius 1 is 0.688 bits per heavy atom. The molecule has 14 rings (SSSR count). The molecule has 0 aliphatic carbocycles. The highest BCUT2D eigenvalue weighted by molar-refractivity contribution is 6.42. The molecule has 45 heteroatoms. The molecule has 8 heterocycles.